The second-order valence-electron chi connectivity index (χ2n) is 4.29. The minimum Gasteiger partial charge on any atom is -0.380 e. The van der Waals surface area contributed by atoms with E-state index in [9.17, 15) is 8.78 Å². The van der Waals surface area contributed by atoms with Gasteiger partial charge in [0.15, 0.2) is 0 Å². The van der Waals surface area contributed by atoms with Crippen molar-refractivity contribution in [1.82, 2.24) is 0 Å². The van der Waals surface area contributed by atoms with E-state index in [0.717, 1.165) is 6.42 Å². The molecule has 2 rings (SSSR count). The van der Waals surface area contributed by atoms with Crippen LogP contribution < -0.4 is 5.73 Å². The zero-order chi connectivity index (χ0) is 9.74. The van der Waals surface area contributed by atoms with Gasteiger partial charge in [-0.2, -0.15) is 0 Å². The van der Waals surface area contributed by atoms with E-state index in [1.165, 1.54) is 0 Å². The van der Waals surface area contributed by atoms with Crippen LogP contribution in [0.5, 0.6) is 0 Å². The van der Waals surface area contributed by atoms with Crippen LogP contribution in [0, 0.1) is 10.8 Å². The van der Waals surface area contributed by atoms with Crippen LogP contribution in [0.2, 0.25) is 0 Å². The second kappa shape index (κ2) is 2.42. The van der Waals surface area contributed by atoms with Gasteiger partial charge in [0.1, 0.15) is 0 Å². The third-order valence-corrected chi connectivity index (χ3v) is 3.90. The van der Waals surface area contributed by atoms with Crippen LogP contribution in [-0.2, 0) is 4.74 Å². The number of halogens is 2. The summed E-state index contributed by atoms with van der Waals surface area (Å²) in [5.41, 5.74) is 4.19. The van der Waals surface area contributed by atoms with Crippen molar-refractivity contribution < 1.29 is 13.5 Å². The molecule has 1 aliphatic heterocycles. The van der Waals surface area contributed by atoms with Gasteiger partial charge in [0.2, 0.25) is 0 Å². The first-order valence-corrected chi connectivity index (χ1v) is 4.69. The van der Waals surface area contributed by atoms with E-state index in [1.54, 1.807) is 0 Å². The monoisotopic (exact) mass is 191 g/mol. The van der Waals surface area contributed by atoms with Crippen molar-refractivity contribution in [3.05, 3.63) is 0 Å². The molecule has 76 valence electrons. The maximum absolute atomic E-state index is 13.2. The lowest BCUT2D eigenvalue weighted by molar-refractivity contribution is -0.177. The highest BCUT2D eigenvalue weighted by Gasteiger charge is 2.79. The first-order chi connectivity index (χ1) is 6.04. The van der Waals surface area contributed by atoms with E-state index >= 15 is 0 Å². The minimum atomic E-state index is -2.55. The maximum Gasteiger partial charge on any atom is 0.256 e. The summed E-state index contributed by atoms with van der Waals surface area (Å²) in [7, 11) is 0. The standard InChI is InChI=1S/C9H15F2NO/c1-2-7(5-13-6-7)8(4-12)3-9(8,10)11/h2-6,12H2,1H3. The fourth-order valence-corrected chi connectivity index (χ4v) is 2.52. The van der Waals surface area contributed by atoms with E-state index in [1.807, 2.05) is 6.92 Å². The summed E-state index contributed by atoms with van der Waals surface area (Å²) in [4.78, 5) is 0. The van der Waals surface area contributed by atoms with Crippen LogP contribution in [-0.4, -0.2) is 25.7 Å². The quantitative estimate of drug-likeness (QED) is 0.731. The Morgan fingerprint density at radius 2 is 1.92 bits per heavy atom. The van der Waals surface area contributed by atoms with Crippen LogP contribution in [0.4, 0.5) is 8.78 Å². The van der Waals surface area contributed by atoms with E-state index in [-0.39, 0.29) is 18.4 Å². The molecular formula is C9H15F2NO. The highest BCUT2D eigenvalue weighted by atomic mass is 19.3. The van der Waals surface area contributed by atoms with Crippen molar-refractivity contribution in [2.24, 2.45) is 16.6 Å². The molecule has 0 aromatic rings. The number of alkyl halides is 2. The van der Waals surface area contributed by atoms with Gasteiger partial charge in [-0.1, -0.05) is 6.92 Å². The molecule has 0 radical (unpaired) electrons. The Bertz CT molecular complexity index is 222. The summed E-state index contributed by atoms with van der Waals surface area (Å²) in [6.07, 6.45) is 0.688. The molecule has 0 amide bonds. The Morgan fingerprint density at radius 1 is 1.38 bits per heavy atom. The summed E-state index contributed by atoms with van der Waals surface area (Å²) < 4.78 is 31.5. The lowest BCUT2D eigenvalue weighted by Gasteiger charge is -2.47. The Kier molecular flexibility index (Phi) is 1.74. The number of ether oxygens (including phenoxy) is 1. The number of rotatable bonds is 3. The molecule has 1 aliphatic carbocycles. The average Bonchev–Trinajstić information content (AvgIpc) is 2.54. The first kappa shape index (κ1) is 9.34. The summed E-state index contributed by atoms with van der Waals surface area (Å²) in [6, 6.07) is 0. The third kappa shape index (κ3) is 0.880. The molecule has 1 heterocycles. The van der Waals surface area contributed by atoms with Crippen LogP contribution in [0.15, 0.2) is 0 Å². The number of hydrogen-bond acceptors (Lipinski definition) is 2. The van der Waals surface area contributed by atoms with Gasteiger partial charge >= 0.3 is 0 Å². The van der Waals surface area contributed by atoms with Crippen molar-refractivity contribution in [3.63, 3.8) is 0 Å². The molecule has 2 N–H and O–H groups in total. The molecular weight excluding hydrogens is 176 g/mol. The Labute approximate surface area is 76.4 Å². The van der Waals surface area contributed by atoms with E-state index < -0.39 is 11.3 Å². The van der Waals surface area contributed by atoms with E-state index in [0.29, 0.717) is 13.2 Å². The number of hydrogen-bond donors (Lipinski definition) is 1. The second-order valence-corrected chi connectivity index (χ2v) is 4.29. The van der Waals surface area contributed by atoms with Gasteiger partial charge in [-0.3, -0.25) is 0 Å². The van der Waals surface area contributed by atoms with Gasteiger partial charge in [0.25, 0.3) is 5.92 Å². The summed E-state index contributed by atoms with van der Waals surface area (Å²) in [5.74, 6) is -2.55. The molecule has 1 unspecified atom stereocenters. The van der Waals surface area contributed by atoms with Crippen molar-refractivity contribution >= 4 is 0 Å². The molecule has 1 atom stereocenters. The smallest absolute Gasteiger partial charge is 0.256 e. The number of nitrogens with two attached hydrogens (primary N) is 1. The van der Waals surface area contributed by atoms with Gasteiger partial charge in [-0.05, 0) is 6.42 Å². The minimum absolute atomic E-state index is 0.0479. The Morgan fingerprint density at radius 3 is 2.00 bits per heavy atom. The van der Waals surface area contributed by atoms with E-state index in [4.69, 9.17) is 10.5 Å². The molecule has 2 fully saturated rings. The molecule has 0 aromatic carbocycles. The molecule has 0 spiro atoms. The molecule has 0 bridgehead atoms. The zero-order valence-corrected chi connectivity index (χ0v) is 7.78. The Hall–Kier alpha value is -0.220. The predicted molar refractivity (Wildman–Crippen MR) is 44.6 cm³/mol. The SMILES string of the molecule is CCC1(C2(CN)CC2(F)F)COC1. The maximum atomic E-state index is 13.2. The van der Waals surface area contributed by atoms with Crippen LogP contribution in [0.1, 0.15) is 19.8 Å². The molecule has 1 saturated carbocycles. The largest absolute Gasteiger partial charge is 0.380 e. The predicted octanol–water partition coefficient (Wildman–Crippen LogP) is 1.40. The topological polar surface area (TPSA) is 35.2 Å². The fourth-order valence-electron chi connectivity index (χ4n) is 2.52. The summed E-state index contributed by atoms with van der Waals surface area (Å²) >= 11 is 0. The molecule has 1 saturated heterocycles. The highest BCUT2D eigenvalue weighted by Crippen LogP contribution is 2.71. The van der Waals surface area contributed by atoms with Crippen molar-refractivity contribution in [3.8, 4) is 0 Å². The van der Waals surface area contributed by atoms with Gasteiger partial charge in [0.05, 0.1) is 18.6 Å². The molecule has 2 nitrogen and oxygen atoms in total. The normalized spacial score (nSPS) is 39.7. The van der Waals surface area contributed by atoms with Gasteiger partial charge < -0.3 is 10.5 Å². The fraction of sp³-hybridized carbons (Fsp3) is 1.00. The lowest BCUT2D eigenvalue weighted by atomic mass is 9.68. The van der Waals surface area contributed by atoms with Gasteiger partial charge in [0, 0.05) is 18.4 Å². The molecule has 13 heavy (non-hydrogen) atoms. The average molecular weight is 191 g/mol. The van der Waals surface area contributed by atoms with Crippen molar-refractivity contribution in [2.75, 3.05) is 19.8 Å². The van der Waals surface area contributed by atoms with Gasteiger partial charge in [-0.15, -0.1) is 0 Å². The summed E-state index contributed by atoms with van der Waals surface area (Å²) in [6.45, 7) is 2.93. The molecule has 2 aliphatic rings. The van der Waals surface area contributed by atoms with Crippen LogP contribution in [0.25, 0.3) is 0 Å². The van der Waals surface area contributed by atoms with Crippen molar-refractivity contribution in [2.45, 2.75) is 25.7 Å². The van der Waals surface area contributed by atoms with E-state index in [2.05, 4.69) is 0 Å². The first-order valence-electron chi connectivity index (χ1n) is 4.69. The van der Waals surface area contributed by atoms with Gasteiger partial charge in [-0.25, -0.2) is 8.78 Å². The lowest BCUT2D eigenvalue weighted by Crippen LogP contribution is -2.54. The Balaban J connectivity index is 2.23. The molecule has 4 heteroatoms. The van der Waals surface area contributed by atoms with Crippen LogP contribution >= 0.6 is 0 Å². The van der Waals surface area contributed by atoms with Crippen molar-refractivity contribution in [1.29, 1.82) is 0 Å². The van der Waals surface area contributed by atoms with Crippen LogP contribution in [0.3, 0.4) is 0 Å². The highest BCUT2D eigenvalue weighted by molar-refractivity contribution is 5.21. The third-order valence-electron chi connectivity index (χ3n) is 3.90. The zero-order valence-electron chi connectivity index (χ0n) is 7.78. The summed E-state index contributed by atoms with van der Waals surface area (Å²) in [5, 5.41) is 0. The molecule has 0 aromatic heterocycles.